The first-order chi connectivity index (χ1) is 8.07. The summed E-state index contributed by atoms with van der Waals surface area (Å²) >= 11 is 0. The van der Waals surface area contributed by atoms with Gasteiger partial charge in [-0.3, -0.25) is 0 Å². The van der Waals surface area contributed by atoms with E-state index < -0.39 is 9.05 Å². The molecule has 0 spiro atoms. The number of benzene rings is 2. The van der Waals surface area contributed by atoms with E-state index in [1.165, 1.54) is 6.07 Å². The van der Waals surface area contributed by atoms with Crippen molar-refractivity contribution < 1.29 is 12.8 Å². The van der Waals surface area contributed by atoms with E-state index in [2.05, 4.69) is 0 Å². The molecule has 1 aromatic heterocycles. The number of halogens is 1. The molecule has 3 rings (SSSR count). The van der Waals surface area contributed by atoms with E-state index in [0.717, 1.165) is 10.8 Å². The number of hydrogen-bond acceptors (Lipinski definition) is 3. The molecule has 0 aliphatic rings. The minimum absolute atomic E-state index is 0.00728. The largest absolute Gasteiger partial charge is 0.455 e. The van der Waals surface area contributed by atoms with Crippen LogP contribution in [0.2, 0.25) is 0 Å². The molecule has 0 N–H and O–H groups in total. The second-order valence-corrected chi connectivity index (χ2v) is 6.20. The summed E-state index contributed by atoms with van der Waals surface area (Å²) in [5, 5.41) is 1.63. The van der Waals surface area contributed by atoms with Crippen LogP contribution >= 0.6 is 10.7 Å². The Morgan fingerprint density at radius 3 is 2.41 bits per heavy atom. The molecule has 0 bridgehead atoms. The van der Waals surface area contributed by atoms with Crippen molar-refractivity contribution >= 4 is 41.7 Å². The molecule has 0 saturated carbocycles. The van der Waals surface area contributed by atoms with Gasteiger partial charge < -0.3 is 4.42 Å². The van der Waals surface area contributed by atoms with Crippen LogP contribution in [0, 0.1) is 0 Å². The summed E-state index contributed by atoms with van der Waals surface area (Å²) in [6.45, 7) is 0. The van der Waals surface area contributed by atoms with Gasteiger partial charge in [0, 0.05) is 21.5 Å². The van der Waals surface area contributed by atoms with Crippen LogP contribution in [0.1, 0.15) is 0 Å². The van der Waals surface area contributed by atoms with E-state index in [9.17, 15) is 8.42 Å². The van der Waals surface area contributed by atoms with Gasteiger partial charge in [0.05, 0.1) is 0 Å². The average molecular weight is 267 g/mol. The highest BCUT2D eigenvalue weighted by atomic mass is 35.7. The van der Waals surface area contributed by atoms with Crippen LogP contribution in [0.15, 0.2) is 51.8 Å². The molecule has 0 aliphatic carbocycles. The van der Waals surface area contributed by atoms with Crippen molar-refractivity contribution in [1.82, 2.24) is 0 Å². The minimum Gasteiger partial charge on any atom is -0.455 e. The molecular formula is C12H7ClO3S. The van der Waals surface area contributed by atoms with Gasteiger partial charge in [-0.1, -0.05) is 30.3 Å². The van der Waals surface area contributed by atoms with Gasteiger partial charge in [-0.25, -0.2) is 8.42 Å². The average Bonchev–Trinajstić information content (AvgIpc) is 2.65. The summed E-state index contributed by atoms with van der Waals surface area (Å²) in [7, 11) is 1.58. The Balaban J connectivity index is 2.57. The molecule has 86 valence electrons. The number of hydrogen-bond donors (Lipinski definition) is 0. The molecule has 0 radical (unpaired) electrons. The lowest BCUT2D eigenvalue weighted by molar-refractivity contribution is 0.605. The van der Waals surface area contributed by atoms with Gasteiger partial charge in [0.2, 0.25) is 0 Å². The number of fused-ring (bicyclic) bond motifs is 3. The second kappa shape index (κ2) is 3.48. The van der Waals surface area contributed by atoms with Gasteiger partial charge >= 0.3 is 0 Å². The molecule has 3 nitrogen and oxygen atoms in total. The highest BCUT2D eigenvalue weighted by Gasteiger charge is 2.18. The SMILES string of the molecule is O=S(=O)(Cl)c1cccc2c1oc1ccccc12. The van der Waals surface area contributed by atoms with Crippen molar-refractivity contribution in [3.63, 3.8) is 0 Å². The Hall–Kier alpha value is -1.52. The maximum Gasteiger partial charge on any atom is 0.265 e. The smallest absolute Gasteiger partial charge is 0.265 e. The first-order valence-electron chi connectivity index (χ1n) is 4.92. The zero-order valence-corrected chi connectivity index (χ0v) is 10.1. The van der Waals surface area contributed by atoms with Crippen molar-refractivity contribution in [2.45, 2.75) is 4.90 Å². The Morgan fingerprint density at radius 1 is 0.941 bits per heavy atom. The van der Waals surface area contributed by atoms with Crippen molar-refractivity contribution in [3.05, 3.63) is 42.5 Å². The lowest BCUT2D eigenvalue weighted by Gasteiger charge is -1.96. The van der Waals surface area contributed by atoms with Crippen LogP contribution in [0.3, 0.4) is 0 Å². The molecule has 5 heteroatoms. The topological polar surface area (TPSA) is 47.3 Å². The Morgan fingerprint density at radius 2 is 1.65 bits per heavy atom. The summed E-state index contributed by atoms with van der Waals surface area (Å²) < 4.78 is 28.4. The van der Waals surface area contributed by atoms with Crippen molar-refractivity contribution in [1.29, 1.82) is 0 Å². The number of rotatable bonds is 1. The summed E-state index contributed by atoms with van der Waals surface area (Å²) in [6, 6.07) is 12.3. The first kappa shape index (κ1) is 10.6. The summed E-state index contributed by atoms with van der Waals surface area (Å²) in [4.78, 5) is 0.00728. The maximum absolute atomic E-state index is 11.4. The Bertz CT molecular complexity index is 818. The molecule has 3 aromatic rings. The minimum atomic E-state index is -3.80. The third-order valence-corrected chi connectivity index (χ3v) is 3.98. The van der Waals surface area contributed by atoms with Crippen LogP contribution in [0.4, 0.5) is 0 Å². The van der Waals surface area contributed by atoms with Gasteiger partial charge in [0.1, 0.15) is 10.5 Å². The molecule has 0 amide bonds. The van der Waals surface area contributed by atoms with Gasteiger partial charge in [-0.2, -0.15) is 0 Å². The molecule has 0 aliphatic heterocycles. The van der Waals surface area contributed by atoms with E-state index >= 15 is 0 Å². The van der Waals surface area contributed by atoms with Gasteiger partial charge in [-0.15, -0.1) is 0 Å². The van der Waals surface area contributed by atoms with Crippen LogP contribution in [-0.2, 0) is 9.05 Å². The van der Waals surface area contributed by atoms with Crippen LogP contribution < -0.4 is 0 Å². The van der Waals surface area contributed by atoms with E-state index in [1.807, 2.05) is 24.3 Å². The molecule has 2 aromatic carbocycles. The van der Waals surface area contributed by atoms with Crippen LogP contribution in [0.25, 0.3) is 21.9 Å². The first-order valence-corrected chi connectivity index (χ1v) is 7.23. The fraction of sp³-hybridized carbons (Fsp3) is 0. The van der Waals surface area contributed by atoms with E-state index in [4.69, 9.17) is 15.1 Å². The predicted molar refractivity (Wildman–Crippen MR) is 66.8 cm³/mol. The molecule has 1 heterocycles. The third-order valence-electron chi connectivity index (χ3n) is 2.63. The highest BCUT2D eigenvalue weighted by molar-refractivity contribution is 8.13. The molecule has 17 heavy (non-hydrogen) atoms. The fourth-order valence-corrected chi connectivity index (χ4v) is 2.89. The zero-order valence-electron chi connectivity index (χ0n) is 8.55. The van der Waals surface area contributed by atoms with E-state index in [0.29, 0.717) is 11.2 Å². The van der Waals surface area contributed by atoms with Crippen molar-refractivity contribution in [2.75, 3.05) is 0 Å². The van der Waals surface area contributed by atoms with Crippen LogP contribution in [0.5, 0.6) is 0 Å². The monoisotopic (exact) mass is 266 g/mol. The fourth-order valence-electron chi connectivity index (χ4n) is 1.91. The maximum atomic E-state index is 11.4. The van der Waals surface area contributed by atoms with Gasteiger partial charge in [0.15, 0.2) is 5.58 Å². The van der Waals surface area contributed by atoms with Crippen LogP contribution in [-0.4, -0.2) is 8.42 Å². The lowest BCUT2D eigenvalue weighted by atomic mass is 10.1. The molecule has 0 fully saturated rings. The number of para-hydroxylation sites is 2. The highest BCUT2D eigenvalue weighted by Crippen LogP contribution is 2.33. The van der Waals surface area contributed by atoms with E-state index in [1.54, 1.807) is 12.1 Å². The second-order valence-electron chi connectivity index (χ2n) is 3.67. The van der Waals surface area contributed by atoms with Crippen molar-refractivity contribution in [2.24, 2.45) is 0 Å². The summed E-state index contributed by atoms with van der Waals surface area (Å²) in [5.41, 5.74) is 0.957. The molecule has 0 unspecified atom stereocenters. The quantitative estimate of drug-likeness (QED) is 0.633. The molecule has 0 saturated heterocycles. The summed E-state index contributed by atoms with van der Waals surface area (Å²) in [5.74, 6) is 0. The number of furan rings is 1. The van der Waals surface area contributed by atoms with E-state index in [-0.39, 0.29) is 4.90 Å². The Labute approximate surface area is 102 Å². The zero-order chi connectivity index (χ0) is 12.0. The summed E-state index contributed by atoms with van der Waals surface area (Å²) in [6.07, 6.45) is 0. The standard InChI is InChI=1S/C12H7ClO3S/c13-17(14,15)11-7-3-5-9-8-4-1-2-6-10(8)16-12(9)11/h1-7H. The van der Waals surface area contributed by atoms with Gasteiger partial charge in [-0.05, 0) is 12.1 Å². The van der Waals surface area contributed by atoms with Crippen molar-refractivity contribution in [3.8, 4) is 0 Å². The predicted octanol–water partition coefficient (Wildman–Crippen LogP) is 3.51. The Kier molecular flexibility index (Phi) is 2.18. The van der Waals surface area contributed by atoms with Gasteiger partial charge in [0.25, 0.3) is 9.05 Å². The normalized spacial score (nSPS) is 12.3. The molecular weight excluding hydrogens is 260 g/mol. The lowest BCUT2D eigenvalue weighted by Crippen LogP contribution is -1.90. The third kappa shape index (κ3) is 1.61. The molecule has 0 atom stereocenters.